The summed E-state index contributed by atoms with van der Waals surface area (Å²) in [5.74, 6) is 0.00806. The van der Waals surface area contributed by atoms with Crippen molar-refractivity contribution in [1.29, 1.82) is 0 Å². The molecule has 3 heteroatoms. The molecule has 2 rings (SSSR count). The predicted molar refractivity (Wildman–Crippen MR) is 74.9 cm³/mol. The van der Waals surface area contributed by atoms with Crippen molar-refractivity contribution >= 4 is 5.97 Å². The zero-order valence-electron chi connectivity index (χ0n) is 12.1. The largest absolute Gasteiger partial charge is 0.481 e. The highest BCUT2D eigenvalue weighted by atomic mass is 16.4. The van der Waals surface area contributed by atoms with E-state index in [4.69, 9.17) is 0 Å². The summed E-state index contributed by atoms with van der Waals surface area (Å²) < 4.78 is 0. The minimum atomic E-state index is -0.659. The molecule has 2 unspecified atom stereocenters. The molecule has 2 atom stereocenters. The van der Waals surface area contributed by atoms with Gasteiger partial charge in [-0.15, -0.1) is 0 Å². The monoisotopic (exact) mass is 268 g/mol. The first-order chi connectivity index (χ1) is 9.10. The van der Waals surface area contributed by atoms with Gasteiger partial charge in [-0.1, -0.05) is 32.6 Å². The van der Waals surface area contributed by atoms with Crippen molar-refractivity contribution in [3.63, 3.8) is 0 Å². The number of rotatable bonds is 3. The van der Waals surface area contributed by atoms with Gasteiger partial charge < -0.3 is 10.2 Å². The van der Waals surface area contributed by atoms with Crippen molar-refractivity contribution in [1.82, 2.24) is 0 Å². The average Bonchev–Trinajstić information content (AvgIpc) is 2.63. The number of carbonyl (C=O) groups is 1. The second-order valence-electron chi connectivity index (χ2n) is 6.62. The molecule has 0 saturated heterocycles. The van der Waals surface area contributed by atoms with Crippen molar-refractivity contribution in [2.24, 2.45) is 17.3 Å². The molecule has 2 aliphatic carbocycles. The Balaban J connectivity index is 2.16. The minimum absolute atomic E-state index is 0.0229. The number of carboxylic acids is 1. The van der Waals surface area contributed by atoms with Gasteiger partial charge in [0.2, 0.25) is 0 Å². The van der Waals surface area contributed by atoms with Gasteiger partial charge in [0.1, 0.15) is 0 Å². The average molecular weight is 268 g/mol. The van der Waals surface area contributed by atoms with Crippen LogP contribution in [0.3, 0.4) is 0 Å². The van der Waals surface area contributed by atoms with Crippen LogP contribution in [-0.2, 0) is 4.79 Å². The SMILES string of the molecule is CCC1CCC(C(=O)O)(C2CCCCCC2O)CC1. The van der Waals surface area contributed by atoms with Crippen LogP contribution < -0.4 is 0 Å². The molecule has 3 nitrogen and oxygen atoms in total. The standard InChI is InChI=1S/C16H28O3/c1-2-12-8-10-16(11-9-12,15(18)19)13-6-4-3-5-7-14(13)17/h12-14,17H,2-11H2,1H3,(H,18,19). The van der Waals surface area contributed by atoms with Crippen LogP contribution in [-0.4, -0.2) is 22.3 Å². The van der Waals surface area contributed by atoms with E-state index >= 15 is 0 Å². The molecule has 2 aliphatic rings. The molecule has 0 bridgehead atoms. The first-order valence-electron chi connectivity index (χ1n) is 8.01. The quantitative estimate of drug-likeness (QED) is 0.769. The van der Waals surface area contributed by atoms with Crippen LogP contribution in [0.4, 0.5) is 0 Å². The van der Waals surface area contributed by atoms with Crippen molar-refractivity contribution in [2.75, 3.05) is 0 Å². The highest BCUT2D eigenvalue weighted by Crippen LogP contribution is 2.49. The van der Waals surface area contributed by atoms with Gasteiger partial charge in [0, 0.05) is 5.92 Å². The molecule has 110 valence electrons. The van der Waals surface area contributed by atoms with E-state index < -0.39 is 17.5 Å². The predicted octanol–water partition coefficient (Wildman–Crippen LogP) is 3.60. The summed E-state index contributed by atoms with van der Waals surface area (Å²) in [5.41, 5.74) is -0.643. The van der Waals surface area contributed by atoms with Crippen LogP contribution in [0.15, 0.2) is 0 Å². The number of hydrogen-bond acceptors (Lipinski definition) is 2. The molecule has 2 N–H and O–H groups in total. The van der Waals surface area contributed by atoms with E-state index in [0.717, 1.165) is 64.2 Å². The Hall–Kier alpha value is -0.570. The number of aliphatic carboxylic acids is 1. The van der Waals surface area contributed by atoms with Crippen molar-refractivity contribution in [2.45, 2.75) is 77.2 Å². The van der Waals surface area contributed by atoms with Crippen LogP contribution in [0, 0.1) is 17.3 Å². The zero-order valence-corrected chi connectivity index (χ0v) is 12.1. The molecule has 0 radical (unpaired) electrons. The van der Waals surface area contributed by atoms with Gasteiger partial charge in [-0.25, -0.2) is 0 Å². The van der Waals surface area contributed by atoms with Crippen molar-refractivity contribution < 1.29 is 15.0 Å². The molecule has 2 saturated carbocycles. The van der Waals surface area contributed by atoms with E-state index in [2.05, 4.69) is 6.92 Å². The number of aliphatic hydroxyl groups is 1. The van der Waals surface area contributed by atoms with Crippen LogP contribution in [0.2, 0.25) is 0 Å². The third kappa shape index (κ3) is 2.96. The Morgan fingerprint density at radius 3 is 2.32 bits per heavy atom. The van der Waals surface area contributed by atoms with Gasteiger partial charge in [0.25, 0.3) is 0 Å². The van der Waals surface area contributed by atoms with Gasteiger partial charge in [-0.3, -0.25) is 4.79 Å². The summed E-state index contributed by atoms with van der Waals surface area (Å²) in [6, 6.07) is 0. The van der Waals surface area contributed by atoms with Crippen LogP contribution in [0.25, 0.3) is 0 Å². The van der Waals surface area contributed by atoms with E-state index in [0.29, 0.717) is 5.92 Å². The van der Waals surface area contributed by atoms with Crippen LogP contribution in [0.5, 0.6) is 0 Å². The van der Waals surface area contributed by atoms with E-state index in [1.54, 1.807) is 0 Å². The normalized spacial score (nSPS) is 40.6. The maximum atomic E-state index is 11.9. The third-order valence-electron chi connectivity index (χ3n) is 5.69. The first kappa shape index (κ1) is 14.8. The second kappa shape index (κ2) is 6.25. The lowest BCUT2D eigenvalue weighted by Crippen LogP contribution is -2.46. The molecular weight excluding hydrogens is 240 g/mol. The number of hydrogen-bond donors (Lipinski definition) is 2. The van der Waals surface area contributed by atoms with E-state index in [-0.39, 0.29) is 5.92 Å². The number of carboxylic acid groups (broad SMARTS) is 1. The summed E-state index contributed by atoms with van der Waals surface area (Å²) in [5, 5.41) is 20.2. The zero-order chi connectivity index (χ0) is 13.9. The summed E-state index contributed by atoms with van der Waals surface area (Å²) in [6.07, 6.45) is 9.27. The maximum Gasteiger partial charge on any atom is 0.310 e. The highest BCUT2D eigenvalue weighted by Gasteiger charge is 2.50. The molecule has 0 aromatic heterocycles. The van der Waals surface area contributed by atoms with Crippen molar-refractivity contribution in [3.8, 4) is 0 Å². The summed E-state index contributed by atoms with van der Waals surface area (Å²) in [6.45, 7) is 2.19. The van der Waals surface area contributed by atoms with E-state index in [1.807, 2.05) is 0 Å². The minimum Gasteiger partial charge on any atom is -0.481 e. The first-order valence-corrected chi connectivity index (χ1v) is 8.01. The van der Waals surface area contributed by atoms with E-state index in [9.17, 15) is 15.0 Å². The van der Waals surface area contributed by atoms with Gasteiger partial charge in [0.05, 0.1) is 11.5 Å². The third-order valence-corrected chi connectivity index (χ3v) is 5.69. The Morgan fingerprint density at radius 2 is 1.74 bits per heavy atom. The van der Waals surface area contributed by atoms with Crippen LogP contribution >= 0.6 is 0 Å². The fourth-order valence-electron chi connectivity index (χ4n) is 4.28. The lowest BCUT2D eigenvalue weighted by Gasteiger charge is -2.43. The molecule has 0 spiro atoms. The fraction of sp³-hybridized carbons (Fsp3) is 0.938. The molecule has 2 fully saturated rings. The molecule has 0 aromatic carbocycles. The molecule has 0 heterocycles. The molecule has 0 aromatic rings. The van der Waals surface area contributed by atoms with Gasteiger partial charge >= 0.3 is 5.97 Å². The molecule has 0 amide bonds. The lowest BCUT2D eigenvalue weighted by molar-refractivity contribution is -0.161. The summed E-state index contributed by atoms with van der Waals surface area (Å²) in [7, 11) is 0. The van der Waals surface area contributed by atoms with Crippen LogP contribution in [0.1, 0.15) is 71.1 Å². The summed E-state index contributed by atoms with van der Waals surface area (Å²) in [4.78, 5) is 11.9. The molecular formula is C16H28O3. The Morgan fingerprint density at radius 1 is 1.11 bits per heavy atom. The lowest BCUT2D eigenvalue weighted by atomic mass is 9.60. The molecule has 19 heavy (non-hydrogen) atoms. The van der Waals surface area contributed by atoms with Gasteiger partial charge in [0.15, 0.2) is 0 Å². The van der Waals surface area contributed by atoms with Gasteiger partial charge in [-0.05, 0) is 44.4 Å². The van der Waals surface area contributed by atoms with E-state index in [1.165, 1.54) is 0 Å². The Labute approximate surface area is 116 Å². The second-order valence-corrected chi connectivity index (χ2v) is 6.62. The fourth-order valence-corrected chi connectivity index (χ4v) is 4.28. The highest BCUT2D eigenvalue weighted by molar-refractivity contribution is 5.75. The smallest absolute Gasteiger partial charge is 0.310 e. The van der Waals surface area contributed by atoms with Gasteiger partial charge in [-0.2, -0.15) is 0 Å². The molecule has 0 aliphatic heterocycles. The van der Waals surface area contributed by atoms with Crippen molar-refractivity contribution in [3.05, 3.63) is 0 Å². The maximum absolute atomic E-state index is 11.9. The summed E-state index contributed by atoms with van der Waals surface area (Å²) >= 11 is 0. The Bertz CT molecular complexity index is 305. The number of aliphatic hydroxyl groups excluding tert-OH is 1. The topological polar surface area (TPSA) is 57.5 Å². The Kier molecular flexibility index (Phi) is 4.88.